The van der Waals surface area contributed by atoms with Crippen LogP contribution < -0.4 is 0 Å². The van der Waals surface area contributed by atoms with Crippen LogP contribution in [0.5, 0.6) is 0 Å². The van der Waals surface area contributed by atoms with Crippen LogP contribution in [0, 0.1) is 0 Å². The highest BCUT2D eigenvalue weighted by Crippen LogP contribution is 2.31. The molecule has 0 aromatic rings. The zero-order valence-electron chi connectivity index (χ0n) is 11.3. The number of rotatable bonds is 4. The van der Waals surface area contributed by atoms with E-state index in [0.717, 1.165) is 52.1 Å². The summed E-state index contributed by atoms with van der Waals surface area (Å²) in [5.41, 5.74) is -0.0184. The molecule has 2 aliphatic heterocycles. The van der Waals surface area contributed by atoms with Crippen LogP contribution in [0.4, 0.5) is 0 Å². The van der Waals surface area contributed by atoms with Gasteiger partial charge in [-0.3, -0.25) is 0 Å². The van der Waals surface area contributed by atoms with Gasteiger partial charge in [-0.15, -0.1) is 0 Å². The molecule has 0 N–H and O–H groups in total. The first kappa shape index (κ1) is 13.3. The van der Waals surface area contributed by atoms with Gasteiger partial charge in [0.25, 0.3) is 0 Å². The maximum atomic E-state index is 5.72. The SMILES string of the molecule is COC(C)(C)CCN1CCC2(CC1)OCCO2. The van der Waals surface area contributed by atoms with Crippen LogP contribution in [0.3, 0.4) is 0 Å². The van der Waals surface area contributed by atoms with Crippen molar-refractivity contribution in [3.8, 4) is 0 Å². The molecule has 0 bridgehead atoms. The van der Waals surface area contributed by atoms with Gasteiger partial charge in [-0.1, -0.05) is 0 Å². The van der Waals surface area contributed by atoms with Crippen LogP contribution in [-0.4, -0.2) is 56.2 Å². The van der Waals surface area contributed by atoms with Crippen molar-refractivity contribution in [1.82, 2.24) is 4.90 Å². The van der Waals surface area contributed by atoms with E-state index >= 15 is 0 Å². The van der Waals surface area contributed by atoms with E-state index in [1.54, 1.807) is 7.11 Å². The van der Waals surface area contributed by atoms with Crippen LogP contribution in [0.1, 0.15) is 33.1 Å². The monoisotopic (exact) mass is 243 g/mol. The van der Waals surface area contributed by atoms with Crippen LogP contribution >= 0.6 is 0 Å². The van der Waals surface area contributed by atoms with Gasteiger partial charge >= 0.3 is 0 Å². The number of hydrogen-bond acceptors (Lipinski definition) is 4. The van der Waals surface area contributed by atoms with E-state index in [1.165, 1.54) is 0 Å². The maximum Gasteiger partial charge on any atom is 0.170 e. The lowest BCUT2D eigenvalue weighted by atomic mass is 10.0. The zero-order chi connectivity index (χ0) is 12.4. The summed E-state index contributed by atoms with van der Waals surface area (Å²) in [6.45, 7) is 9.03. The van der Waals surface area contributed by atoms with Gasteiger partial charge in [0.05, 0.1) is 18.8 Å². The van der Waals surface area contributed by atoms with Crippen molar-refractivity contribution in [2.24, 2.45) is 0 Å². The first-order chi connectivity index (χ1) is 8.05. The largest absolute Gasteiger partial charge is 0.379 e. The second-order valence-corrected chi connectivity index (χ2v) is 5.66. The molecule has 0 aromatic heterocycles. The molecular formula is C13H25NO3. The lowest BCUT2D eigenvalue weighted by Gasteiger charge is -2.38. The van der Waals surface area contributed by atoms with Crippen LogP contribution in [0.15, 0.2) is 0 Å². The molecule has 2 rings (SSSR count). The van der Waals surface area contributed by atoms with Crippen molar-refractivity contribution in [3.63, 3.8) is 0 Å². The molecule has 4 heteroatoms. The molecule has 0 amide bonds. The van der Waals surface area contributed by atoms with E-state index in [0.29, 0.717) is 0 Å². The highest BCUT2D eigenvalue weighted by molar-refractivity contribution is 4.83. The summed E-state index contributed by atoms with van der Waals surface area (Å²) < 4.78 is 16.9. The summed E-state index contributed by atoms with van der Waals surface area (Å²) >= 11 is 0. The highest BCUT2D eigenvalue weighted by atomic mass is 16.7. The molecule has 2 aliphatic rings. The molecule has 0 saturated carbocycles. The molecule has 1 spiro atoms. The molecule has 2 fully saturated rings. The Labute approximate surface area is 104 Å². The summed E-state index contributed by atoms with van der Waals surface area (Å²) in [5, 5.41) is 0. The molecule has 4 nitrogen and oxygen atoms in total. The number of ether oxygens (including phenoxy) is 3. The minimum absolute atomic E-state index is 0.0184. The molecule has 0 radical (unpaired) electrons. The van der Waals surface area contributed by atoms with Crippen LogP contribution in [-0.2, 0) is 14.2 Å². The van der Waals surface area contributed by atoms with Crippen LogP contribution in [0.2, 0.25) is 0 Å². The van der Waals surface area contributed by atoms with Gasteiger partial charge in [0.2, 0.25) is 0 Å². The van der Waals surface area contributed by atoms with Gasteiger partial charge in [-0.25, -0.2) is 0 Å². The average molecular weight is 243 g/mol. The molecule has 0 aromatic carbocycles. The fourth-order valence-electron chi connectivity index (χ4n) is 2.43. The van der Waals surface area contributed by atoms with Gasteiger partial charge < -0.3 is 19.1 Å². The maximum absolute atomic E-state index is 5.72. The lowest BCUT2D eigenvalue weighted by molar-refractivity contribution is -0.185. The Morgan fingerprint density at radius 3 is 2.29 bits per heavy atom. The molecule has 2 saturated heterocycles. The summed E-state index contributed by atoms with van der Waals surface area (Å²) in [4.78, 5) is 2.48. The fraction of sp³-hybridized carbons (Fsp3) is 1.00. The van der Waals surface area contributed by atoms with E-state index in [9.17, 15) is 0 Å². The molecule has 0 unspecified atom stereocenters. The second-order valence-electron chi connectivity index (χ2n) is 5.66. The first-order valence-electron chi connectivity index (χ1n) is 6.61. The number of methoxy groups -OCH3 is 1. The standard InChI is InChI=1S/C13H25NO3/c1-12(2,15-3)4-7-14-8-5-13(6-9-14)16-10-11-17-13/h4-11H2,1-3H3. The Morgan fingerprint density at radius 1 is 1.18 bits per heavy atom. The van der Waals surface area contributed by atoms with Gasteiger partial charge in [0.1, 0.15) is 0 Å². The Hall–Kier alpha value is -0.160. The van der Waals surface area contributed by atoms with Gasteiger partial charge in [-0.2, -0.15) is 0 Å². The molecule has 0 atom stereocenters. The van der Waals surface area contributed by atoms with E-state index in [2.05, 4.69) is 18.7 Å². The van der Waals surface area contributed by atoms with Crippen molar-refractivity contribution in [2.45, 2.75) is 44.5 Å². The quantitative estimate of drug-likeness (QED) is 0.751. The van der Waals surface area contributed by atoms with Crippen LogP contribution in [0.25, 0.3) is 0 Å². The topological polar surface area (TPSA) is 30.9 Å². The third kappa shape index (κ3) is 3.41. The van der Waals surface area contributed by atoms with Gasteiger partial charge in [0.15, 0.2) is 5.79 Å². The number of nitrogens with zero attached hydrogens (tertiary/aromatic N) is 1. The van der Waals surface area contributed by atoms with Crippen molar-refractivity contribution in [1.29, 1.82) is 0 Å². The molecular weight excluding hydrogens is 218 g/mol. The minimum Gasteiger partial charge on any atom is -0.379 e. The summed E-state index contributed by atoms with van der Waals surface area (Å²) in [5.74, 6) is -0.243. The lowest BCUT2D eigenvalue weighted by Crippen LogP contribution is -2.46. The molecule has 100 valence electrons. The van der Waals surface area contributed by atoms with E-state index in [4.69, 9.17) is 14.2 Å². The van der Waals surface area contributed by atoms with E-state index in [1.807, 2.05) is 0 Å². The number of hydrogen-bond donors (Lipinski definition) is 0. The third-order valence-electron chi connectivity index (χ3n) is 4.01. The van der Waals surface area contributed by atoms with Crippen molar-refractivity contribution >= 4 is 0 Å². The Bertz CT molecular complexity index is 239. The predicted octanol–water partition coefficient (Wildman–Crippen LogP) is 1.64. The molecule has 17 heavy (non-hydrogen) atoms. The van der Waals surface area contributed by atoms with Crippen molar-refractivity contribution in [3.05, 3.63) is 0 Å². The predicted molar refractivity (Wildman–Crippen MR) is 66.0 cm³/mol. The normalized spacial score (nSPS) is 25.6. The third-order valence-corrected chi connectivity index (χ3v) is 4.01. The average Bonchev–Trinajstić information content (AvgIpc) is 2.77. The van der Waals surface area contributed by atoms with E-state index < -0.39 is 0 Å². The summed E-state index contributed by atoms with van der Waals surface area (Å²) in [6.07, 6.45) is 3.07. The molecule has 2 heterocycles. The smallest absolute Gasteiger partial charge is 0.170 e. The zero-order valence-corrected chi connectivity index (χ0v) is 11.3. The number of likely N-dealkylation sites (tertiary alicyclic amines) is 1. The van der Waals surface area contributed by atoms with Gasteiger partial charge in [-0.05, 0) is 20.3 Å². The fourth-order valence-corrected chi connectivity index (χ4v) is 2.43. The number of piperidine rings is 1. The second kappa shape index (κ2) is 5.22. The highest BCUT2D eigenvalue weighted by Gasteiger charge is 2.39. The summed E-state index contributed by atoms with van der Waals surface area (Å²) in [6, 6.07) is 0. The Balaban J connectivity index is 1.72. The molecule has 0 aliphatic carbocycles. The Kier molecular flexibility index (Phi) is 4.08. The van der Waals surface area contributed by atoms with Crippen molar-refractivity contribution in [2.75, 3.05) is 40.0 Å². The summed E-state index contributed by atoms with van der Waals surface area (Å²) in [7, 11) is 1.78. The Morgan fingerprint density at radius 2 is 1.76 bits per heavy atom. The van der Waals surface area contributed by atoms with Gasteiger partial charge in [0, 0.05) is 39.6 Å². The van der Waals surface area contributed by atoms with E-state index in [-0.39, 0.29) is 11.4 Å². The minimum atomic E-state index is -0.243. The first-order valence-corrected chi connectivity index (χ1v) is 6.61. The van der Waals surface area contributed by atoms with Crippen molar-refractivity contribution < 1.29 is 14.2 Å².